The van der Waals surface area contributed by atoms with E-state index in [2.05, 4.69) is 16.4 Å². The largest absolute Gasteiger partial charge is 0.299 e. The molecule has 1 atom stereocenters. The average molecular weight is 256 g/mol. The molecule has 0 saturated heterocycles. The van der Waals surface area contributed by atoms with Crippen LogP contribution in [0.15, 0.2) is 23.4 Å². The van der Waals surface area contributed by atoms with Crippen molar-refractivity contribution in [3.05, 3.63) is 23.4 Å². The number of thioether (sulfide) groups is 1. The number of nitrogens with zero attached hydrogens (tertiary/aromatic N) is 2. The molecule has 0 amide bonds. The van der Waals surface area contributed by atoms with Gasteiger partial charge in [-0.25, -0.2) is 4.98 Å². The monoisotopic (exact) mass is 255 g/mol. The maximum atomic E-state index is 9.08. The zero-order valence-corrected chi connectivity index (χ0v) is 10.9. The van der Waals surface area contributed by atoms with Crippen molar-refractivity contribution in [3.8, 4) is 6.07 Å². The minimum absolute atomic E-state index is 0.541. The van der Waals surface area contributed by atoms with Crippen molar-refractivity contribution in [1.82, 2.24) is 10.3 Å². The Labute approximate surface area is 105 Å². The third kappa shape index (κ3) is 3.67. The normalized spacial score (nSPS) is 14.1. The minimum atomic E-state index is -0.541. The number of pyridine rings is 1. The van der Waals surface area contributed by atoms with Gasteiger partial charge in [-0.15, -0.1) is 11.8 Å². The van der Waals surface area contributed by atoms with E-state index in [-0.39, 0.29) is 0 Å². The topological polar surface area (TPSA) is 48.7 Å². The minimum Gasteiger partial charge on any atom is -0.299 e. The zero-order chi connectivity index (χ0) is 12.0. The van der Waals surface area contributed by atoms with E-state index in [1.54, 1.807) is 18.3 Å². The predicted molar refractivity (Wildman–Crippen MR) is 67.7 cm³/mol. The van der Waals surface area contributed by atoms with Crippen molar-refractivity contribution in [3.63, 3.8) is 0 Å². The van der Waals surface area contributed by atoms with Crippen molar-refractivity contribution in [2.45, 2.75) is 24.4 Å². The van der Waals surface area contributed by atoms with E-state index >= 15 is 0 Å². The fourth-order valence-electron chi connectivity index (χ4n) is 1.20. The Kier molecular flexibility index (Phi) is 5.07. The summed E-state index contributed by atoms with van der Waals surface area (Å²) in [6.07, 6.45) is 1.70. The number of nitrogens with one attached hydrogen (secondary N) is 1. The van der Waals surface area contributed by atoms with Gasteiger partial charge in [0.05, 0.1) is 11.1 Å². The predicted octanol–water partition coefficient (Wildman–Crippen LogP) is 2.72. The smallest absolute Gasteiger partial charge is 0.115 e. The second kappa shape index (κ2) is 6.09. The summed E-state index contributed by atoms with van der Waals surface area (Å²) in [7, 11) is 0. The van der Waals surface area contributed by atoms with E-state index in [4.69, 9.17) is 16.9 Å². The SMILES string of the molecule is CCNC(C)(C#N)CSc1ncccc1Cl. The summed E-state index contributed by atoms with van der Waals surface area (Å²) < 4.78 is 0. The van der Waals surface area contributed by atoms with Crippen LogP contribution in [0.5, 0.6) is 0 Å². The van der Waals surface area contributed by atoms with Crippen LogP contribution >= 0.6 is 23.4 Å². The Morgan fingerprint density at radius 2 is 2.44 bits per heavy atom. The van der Waals surface area contributed by atoms with Crippen molar-refractivity contribution in [2.75, 3.05) is 12.3 Å². The number of hydrogen-bond donors (Lipinski definition) is 1. The van der Waals surface area contributed by atoms with Gasteiger partial charge in [-0.05, 0) is 25.6 Å². The molecule has 0 saturated carbocycles. The van der Waals surface area contributed by atoms with Gasteiger partial charge >= 0.3 is 0 Å². The van der Waals surface area contributed by atoms with Gasteiger partial charge < -0.3 is 0 Å². The van der Waals surface area contributed by atoms with E-state index < -0.39 is 5.54 Å². The van der Waals surface area contributed by atoms with Crippen LogP contribution in [0.2, 0.25) is 5.02 Å². The summed E-state index contributed by atoms with van der Waals surface area (Å²) in [5.41, 5.74) is -0.541. The molecule has 0 aliphatic carbocycles. The Balaban J connectivity index is 2.64. The highest BCUT2D eigenvalue weighted by atomic mass is 35.5. The first-order valence-electron chi connectivity index (χ1n) is 5.01. The molecule has 1 N–H and O–H groups in total. The summed E-state index contributed by atoms with van der Waals surface area (Å²) in [6, 6.07) is 5.86. The molecule has 1 unspecified atom stereocenters. The average Bonchev–Trinajstić information content (AvgIpc) is 2.28. The molecule has 0 aliphatic rings. The van der Waals surface area contributed by atoms with E-state index in [0.29, 0.717) is 10.8 Å². The summed E-state index contributed by atoms with van der Waals surface area (Å²) >= 11 is 7.48. The molecule has 1 rings (SSSR count). The van der Waals surface area contributed by atoms with Crippen LogP contribution < -0.4 is 5.32 Å². The molecule has 1 aromatic heterocycles. The number of hydrogen-bond acceptors (Lipinski definition) is 4. The van der Waals surface area contributed by atoms with Gasteiger partial charge in [-0.3, -0.25) is 5.32 Å². The van der Waals surface area contributed by atoms with Crippen molar-refractivity contribution in [2.24, 2.45) is 0 Å². The number of halogens is 1. The summed E-state index contributed by atoms with van der Waals surface area (Å²) in [4.78, 5) is 4.17. The van der Waals surface area contributed by atoms with E-state index in [0.717, 1.165) is 11.6 Å². The standard InChI is InChI=1S/C11H14ClN3S/c1-3-15-11(2,7-13)8-16-10-9(12)5-4-6-14-10/h4-6,15H,3,8H2,1-2H3. The van der Waals surface area contributed by atoms with Crippen molar-refractivity contribution in [1.29, 1.82) is 5.26 Å². The van der Waals surface area contributed by atoms with Gasteiger partial charge in [-0.2, -0.15) is 5.26 Å². The Bertz CT molecular complexity index is 391. The lowest BCUT2D eigenvalue weighted by Gasteiger charge is -2.21. The van der Waals surface area contributed by atoms with Gasteiger partial charge in [0.1, 0.15) is 10.6 Å². The second-order valence-corrected chi connectivity index (χ2v) is 4.92. The van der Waals surface area contributed by atoms with E-state index in [1.165, 1.54) is 11.8 Å². The first-order chi connectivity index (χ1) is 7.61. The van der Waals surface area contributed by atoms with Crippen LogP contribution in [0.3, 0.4) is 0 Å². The molecule has 86 valence electrons. The molecule has 0 aromatic carbocycles. The van der Waals surface area contributed by atoms with Crippen molar-refractivity contribution < 1.29 is 0 Å². The third-order valence-corrected chi connectivity index (χ3v) is 3.77. The second-order valence-electron chi connectivity index (χ2n) is 3.55. The van der Waals surface area contributed by atoms with Crippen LogP contribution in [-0.4, -0.2) is 22.8 Å². The molecule has 16 heavy (non-hydrogen) atoms. The Morgan fingerprint density at radius 1 is 1.69 bits per heavy atom. The summed E-state index contributed by atoms with van der Waals surface area (Å²) in [5, 5.41) is 13.6. The molecule has 0 aliphatic heterocycles. The van der Waals surface area contributed by atoms with Crippen LogP contribution in [-0.2, 0) is 0 Å². The molecular weight excluding hydrogens is 242 g/mol. The van der Waals surface area contributed by atoms with Gasteiger partial charge in [-0.1, -0.05) is 18.5 Å². The first-order valence-corrected chi connectivity index (χ1v) is 6.37. The Morgan fingerprint density at radius 3 is 3.00 bits per heavy atom. The summed E-state index contributed by atoms with van der Waals surface area (Å²) in [5.74, 6) is 0.619. The van der Waals surface area contributed by atoms with Crippen LogP contribution in [0.1, 0.15) is 13.8 Å². The molecule has 5 heteroatoms. The van der Waals surface area contributed by atoms with E-state index in [1.807, 2.05) is 13.8 Å². The van der Waals surface area contributed by atoms with Crippen LogP contribution in [0.4, 0.5) is 0 Å². The lowest BCUT2D eigenvalue weighted by atomic mass is 10.1. The van der Waals surface area contributed by atoms with Gasteiger partial charge in [0.15, 0.2) is 0 Å². The summed E-state index contributed by atoms with van der Waals surface area (Å²) in [6.45, 7) is 4.62. The first kappa shape index (κ1) is 13.3. The van der Waals surface area contributed by atoms with Gasteiger partial charge in [0.25, 0.3) is 0 Å². The van der Waals surface area contributed by atoms with Crippen molar-refractivity contribution >= 4 is 23.4 Å². The fourth-order valence-corrected chi connectivity index (χ4v) is 2.42. The molecule has 3 nitrogen and oxygen atoms in total. The molecule has 0 fully saturated rings. The lowest BCUT2D eigenvalue weighted by molar-refractivity contribution is 0.511. The highest BCUT2D eigenvalue weighted by Gasteiger charge is 2.23. The number of nitriles is 1. The number of aromatic nitrogens is 1. The molecular formula is C11H14ClN3S. The zero-order valence-electron chi connectivity index (χ0n) is 9.33. The Hall–Kier alpha value is -0.760. The highest BCUT2D eigenvalue weighted by molar-refractivity contribution is 7.99. The fraction of sp³-hybridized carbons (Fsp3) is 0.455. The molecule has 0 bridgehead atoms. The van der Waals surface area contributed by atoms with E-state index in [9.17, 15) is 0 Å². The van der Waals surface area contributed by atoms with Gasteiger partial charge in [0.2, 0.25) is 0 Å². The van der Waals surface area contributed by atoms with Crippen LogP contribution in [0.25, 0.3) is 0 Å². The third-order valence-electron chi connectivity index (χ3n) is 2.04. The number of rotatable bonds is 5. The molecule has 1 heterocycles. The maximum Gasteiger partial charge on any atom is 0.115 e. The van der Waals surface area contributed by atoms with Gasteiger partial charge in [0, 0.05) is 11.9 Å². The molecule has 0 radical (unpaired) electrons. The molecule has 0 spiro atoms. The quantitative estimate of drug-likeness (QED) is 0.822. The molecule has 1 aromatic rings. The lowest BCUT2D eigenvalue weighted by Crippen LogP contribution is -2.43. The van der Waals surface area contributed by atoms with Crippen LogP contribution in [0, 0.1) is 11.3 Å². The highest BCUT2D eigenvalue weighted by Crippen LogP contribution is 2.26. The maximum absolute atomic E-state index is 9.08.